The van der Waals surface area contributed by atoms with Crippen LogP contribution in [0.15, 0.2) is 42.6 Å². The van der Waals surface area contributed by atoms with Crippen LogP contribution in [0.25, 0.3) is 0 Å². The quantitative estimate of drug-likeness (QED) is 0.844. The van der Waals surface area contributed by atoms with E-state index < -0.39 is 23.3 Å². The number of benzene rings is 1. The number of pyridine rings is 1. The van der Waals surface area contributed by atoms with E-state index >= 15 is 0 Å². The second kappa shape index (κ2) is 6.99. The van der Waals surface area contributed by atoms with Gasteiger partial charge < -0.3 is 20.5 Å². The van der Waals surface area contributed by atoms with Gasteiger partial charge in [0.2, 0.25) is 5.60 Å². The summed E-state index contributed by atoms with van der Waals surface area (Å²) in [5, 5.41) is 9.69. The molecular formula is C18H18FN3O4. The summed E-state index contributed by atoms with van der Waals surface area (Å²) in [6.45, 7) is 0.609. The van der Waals surface area contributed by atoms with Gasteiger partial charge in [-0.25, -0.2) is 14.2 Å². The first kappa shape index (κ1) is 17.7. The largest absolute Gasteiger partial charge is 0.478 e. The predicted molar refractivity (Wildman–Crippen MR) is 91.6 cm³/mol. The van der Waals surface area contributed by atoms with Crippen LogP contribution in [0.1, 0.15) is 23.2 Å². The zero-order chi connectivity index (χ0) is 18.7. The van der Waals surface area contributed by atoms with Gasteiger partial charge in [0.05, 0.1) is 5.56 Å². The van der Waals surface area contributed by atoms with E-state index in [4.69, 9.17) is 10.5 Å². The van der Waals surface area contributed by atoms with Gasteiger partial charge in [-0.15, -0.1) is 0 Å². The van der Waals surface area contributed by atoms with Gasteiger partial charge in [0.1, 0.15) is 17.4 Å². The van der Waals surface area contributed by atoms with Crippen LogP contribution in [-0.4, -0.2) is 40.7 Å². The zero-order valence-electron chi connectivity index (χ0n) is 13.9. The first-order valence-corrected chi connectivity index (χ1v) is 8.09. The number of primary amides is 1. The molecule has 0 unspecified atom stereocenters. The molecular weight excluding hydrogens is 341 g/mol. The second-order valence-electron chi connectivity index (χ2n) is 6.08. The number of halogens is 1. The third kappa shape index (κ3) is 3.44. The minimum absolute atomic E-state index is 0.146. The third-order valence-corrected chi connectivity index (χ3v) is 4.42. The van der Waals surface area contributed by atoms with E-state index in [0.29, 0.717) is 18.9 Å². The Labute approximate surface area is 149 Å². The lowest BCUT2D eigenvalue weighted by Crippen LogP contribution is -2.53. The summed E-state index contributed by atoms with van der Waals surface area (Å²) < 4.78 is 19.0. The van der Waals surface area contributed by atoms with Crippen molar-refractivity contribution in [1.29, 1.82) is 0 Å². The Balaban J connectivity index is 1.80. The van der Waals surface area contributed by atoms with Crippen molar-refractivity contribution in [2.24, 2.45) is 5.73 Å². The highest BCUT2D eigenvalue weighted by Crippen LogP contribution is 2.32. The first-order valence-electron chi connectivity index (χ1n) is 8.09. The van der Waals surface area contributed by atoms with Gasteiger partial charge in [-0.3, -0.25) is 4.79 Å². The van der Waals surface area contributed by atoms with Crippen molar-refractivity contribution in [3.8, 4) is 5.75 Å². The number of nitrogens with two attached hydrogens (primary N) is 1. The maximum atomic E-state index is 13.4. The number of carboxylic acids is 1. The molecule has 0 bridgehead atoms. The number of aliphatic carboxylic acids is 1. The minimum Gasteiger partial charge on any atom is -0.478 e. The summed E-state index contributed by atoms with van der Waals surface area (Å²) in [7, 11) is 0. The molecule has 7 nitrogen and oxygen atoms in total. The number of ether oxygens (including phenoxy) is 1. The van der Waals surface area contributed by atoms with Crippen molar-refractivity contribution in [1.82, 2.24) is 4.98 Å². The molecule has 1 aliphatic heterocycles. The first-order chi connectivity index (χ1) is 12.4. The fraction of sp³-hybridized carbons (Fsp3) is 0.278. The number of anilines is 1. The number of carbonyl (C=O) groups excluding carboxylic acids is 1. The number of aromatic nitrogens is 1. The number of carboxylic acid groups (broad SMARTS) is 1. The van der Waals surface area contributed by atoms with Crippen molar-refractivity contribution in [3.05, 3.63) is 54.0 Å². The van der Waals surface area contributed by atoms with E-state index in [0.717, 1.165) is 6.07 Å². The molecule has 8 heteroatoms. The Morgan fingerprint density at radius 3 is 2.58 bits per heavy atom. The molecule has 0 spiro atoms. The van der Waals surface area contributed by atoms with E-state index in [9.17, 15) is 19.1 Å². The maximum absolute atomic E-state index is 13.4. The lowest BCUT2D eigenvalue weighted by molar-refractivity contribution is -0.157. The molecule has 3 rings (SSSR count). The standard InChI is InChI=1S/C18H18FN3O4/c19-12-3-1-4-13(11-12)26-18(17(24)25)6-9-22(10-7-18)16-14(15(20)23)5-2-8-21-16/h1-5,8,11H,6-7,9-10H2,(H2,20,23)(H,24,25). The predicted octanol–water partition coefficient (Wildman–Crippen LogP) is 1.82. The van der Waals surface area contributed by atoms with Gasteiger partial charge in [-0.05, 0) is 24.3 Å². The van der Waals surface area contributed by atoms with Crippen LogP contribution in [-0.2, 0) is 4.79 Å². The summed E-state index contributed by atoms with van der Waals surface area (Å²) in [4.78, 5) is 29.4. The lowest BCUT2D eigenvalue weighted by atomic mass is 9.90. The van der Waals surface area contributed by atoms with E-state index in [1.54, 1.807) is 23.2 Å². The molecule has 1 fully saturated rings. The number of hydrogen-bond donors (Lipinski definition) is 2. The van der Waals surface area contributed by atoms with Crippen LogP contribution in [0.5, 0.6) is 5.75 Å². The summed E-state index contributed by atoms with van der Waals surface area (Å²) in [5.41, 5.74) is 4.19. The Bertz CT molecular complexity index is 835. The van der Waals surface area contributed by atoms with Crippen LogP contribution >= 0.6 is 0 Å². The van der Waals surface area contributed by atoms with Crippen LogP contribution in [0.4, 0.5) is 10.2 Å². The highest BCUT2D eigenvalue weighted by Gasteiger charge is 2.44. The van der Waals surface area contributed by atoms with Crippen molar-refractivity contribution in [3.63, 3.8) is 0 Å². The molecule has 1 aromatic carbocycles. The van der Waals surface area contributed by atoms with E-state index in [2.05, 4.69) is 4.98 Å². The van der Waals surface area contributed by atoms with Crippen LogP contribution in [0.2, 0.25) is 0 Å². The van der Waals surface area contributed by atoms with Crippen molar-refractivity contribution >= 4 is 17.7 Å². The number of rotatable bonds is 5. The van der Waals surface area contributed by atoms with E-state index in [1.165, 1.54) is 18.2 Å². The zero-order valence-corrected chi connectivity index (χ0v) is 13.9. The van der Waals surface area contributed by atoms with E-state index in [1.807, 2.05) is 0 Å². The SMILES string of the molecule is NC(=O)c1cccnc1N1CCC(Oc2cccc(F)c2)(C(=O)O)CC1. The van der Waals surface area contributed by atoms with Crippen molar-refractivity contribution in [2.75, 3.05) is 18.0 Å². The van der Waals surface area contributed by atoms with Crippen molar-refractivity contribution < 1.29 is 23.8 Å². The average molecular weight is 359 g/mol. The molecule has 0 atom stereocenters. The Kier molecular flexibility index (Phi) is 4.75. The van der Waals surface area contributed by atoms with Crippen LogP contribution in [0.3, 0.4) is 0 Å². The highest BCUT2D eigenvalue weighted by molar-refractivity contribution is 5.97. The van der Waals surface area contributed by atoms with E-state index in [-0.39, 0.29) is 24.2 Å². The second-order valence-corrected chi connectivity index (χ2v) is 6.08. The number of nitrogens with zero attached hydrogens (tertiary/aromatic N) is 2. The summed E-state index contributed by atoms with van der Waals surface area (Å²) in [5.74, 6) is -1.63. The van der Waals surface area contributed by atoms with Gasteiger partial charge in [0.15, 0.2) is 0 Å². The Morgan fingerprint density at radius 1 is 1.23 bits per heavy atom. The number of piperidine rings is 1. The van der Waals surface area contributed by atoms with Crippen molar-refractivity contribution in [2.45, 2.75) is 18.4 Å². The fourth-order valence-corrected chi connectivity index (χ4v) is 3.04. The summed E-state index contributed by atoms with van der Waals surface area (Å²) in [6, 6.07) is 8.58. The number of hydrogen-bond acceptors (Lipinski definition) is 5. The Morgan fingerprint density at radius 2 is 1.96 bits per heavy atom. The van der Waals surface area contributed by atoms with Gasteiger partial charge >= 0.3 is 5.97 Å². The molecule has 3 N–H and O–H groups in total. The lowest BCUT2D eigenvalue weighted by Gasteiger charge is -2.39. The monoisotopic (exact) mass is 359 g/mol. The molecule has 0 aliphatic carbocycles. The summed E-state index contributed by atoms with van der Waals surface area (Å²) in [6.07, 6.45) is 1.84. The fourth-order valence-electron chi connectivity index (χ4n) is 3.04. The molecule has 1 saturated heterocycles. The molecule has 0 saturated carbocycles. The molecule has 1 aromatic heterocycles. The minimum atomic E-state index is -1.47. The topological polar surface area (TPSA) is 106 Å². The number of carbonyl (C=O) groups is 2. The highest BCUT2D eigenvalue weighted by atomic mass is 19.1. The molecule has 2 heterocycles. The van der Waals surface area contributed by atoms with Gasteiger partial charge in [-0.1, -0.05) is 6.07 Å². The number of amides is 1. The molecule has 1 amide bonds. The molecule has 0 radical (unpaired) electrons. The molecule has 2 aromatic rings. The van der Waals surface area contributed by atoms with Gasteiger partial charge in [0, 0.05) is 38.2 Å². The maximum Gasteiger partial charge on any atom is 0.348 e. The van der Waals surface area contributed by atoms with Crippen LogP contribution in [0, 0.1) is 5.82 Å². The molecule has 1 aliphatic rings. The smallest absolute Gasteiger partial charge is 0.348 e. The normalized spacial score (nSPS) is 16.1. The van der Waals surface area contributed by atoms with Crippen LogP contribution < -0.4 is 15.4 Å². The van der Waals surface area contributed by atoms with Gasteiger partial charge in [0.25, 0.3) is 5.91 Å². The van der Waals surface area contributed by atoms with Gasteiger partial charge in [-0.2, -0.15) is 0 Å². The summed E-state index contributed by atoms with van der Waals surface area (Å²) >= 11 is 0. The average Bonchev–Trinajstić information content (AvgIpc) is 2.62. The molecule has 26 heavy (non-hydrogen) atoms. The Hall–Kier alpha value is -3.16. The molecule has 136 valence electrons. The third-order valence-electron chi connectivity index (χ3n) is 4.42.